The Balaban J connectivity index is 1.87. The molecule has 0 saturated carbocycles. The topological polar surface area (TPSA) is 80.2 Å². The fraction of sp³-hybridized carbons (Fsp3) is 0.0625. The molecular weight excluding hydrogens is 280 g/mol. The summed E-state index contributed by atoms with van der Waals surface area (Å²) in [6.07, 6.45) is 4.84. The van der Waals surface area contributed by atoms with Gasteiger partial charge in [0.2, 0.25) is 0 Å². The smallest absolute Gasteiger partial charge is 0.137 e. The van der Waals surface area contributed by atoms with Crippen LogP contribution in [0.1, 0.15) is 0 Å². The quantitative estimate of drug-likeness (QED) is 0.720. The summed E-state index contributed by atoms with van der Waals surface area (Å²) < 4.78 is 5.17. The fourth-order valence-electron chi connectivity index (χ4n) is 1.95. The average Bonchev–Trinajstić information content (AvgIpc) is 2.57. The Labute approximate surface area is 127 Å². The van der Waals surface area contributed by atoms with Crippen LogP contribution in [0.2, 0.25) is 0 Å². The predicted molar refractivity (Wildman–Crippen MR) is 83.2 cm³/mol. The van der Waals surface area contributed by atoms with Crippen molar-refractivity contribution in [3.8, 4) is 22.8 Å². The van der Waals surface area contributed by atoms with Crippen LogP contribution in [-0.4, -0.2) is 27.2 Å². The number of benzene rings is 1. The monoisotopic (exact) mass is 294 g/mol. The highest BCUT2D eigenvalue weighted by Gasteiger charge is 2.04. The average molecular weight is 294 g/mol. The number of phenolic OH excluding ortho intramolecular Hbond substituents is 1. The number of ether oxygens (including phenoxy) is 1. The number of hydrogen-bond acceptors (Lipinski definition) is 6. The van der Waals surface area contributed by atoms with Crippen molar-refractivity contribution in [3.63, 3.8) is 0 Å². The number of pyridine rings is 1. The first kappa shape index (κ1) is 13.8. The Morgan fingerprint density at radius 3 is 2.64 bits per heavy atom. The van der Waals surface area contributed by atoms with E-state index < -0.39 is 0 Å². The summed E-state index contributed by atoms with van der Waals surface area (Å²) in [7, 11) is 1.60. The second-order valence-corrected chi connectivity index (χ2v) is 4.57. The third-order valence-corrected chi connectivity index (χ3v) is 3.05. The molecule has 0 bridgehead atoms. The molecule has 0 saturated heterocycles. The molecule has 0 radical (unpaired) electrons. The number of hydrogen-bond donors (Lipinski definition) is 2. The van der Waals surface area contributed by atoms with Crippen LogP contribution in [0.25, 0.3) is 11.3 Å². The molecule has 22 heavy (non-hydrogen) atoms. The molecule has 0 spiro atoms. The second kappa shape index (κ2) is 6.09. The van der Waals surface area contributed by atoms with Crippen LogP contribution in [0, 0.1) is 0 Å². The van der Waals surface area contributed by atoms with Crippen molar-refractivity contribution in [2.45, 2.75) is 0 Å². The van der Waals surface area contributed by atoms with Gasteiger partial charge in [0.15, 0.2) is 0 Å². The van der Waals surface area contributed by atoms with E-state index in [9.17, 15) is 5.11 Å². The maximum atomic E-state index is 9.29. The van der Waals surface area contributed by atoms with Gasteiger partial charge in [-0.3, -0.25) is 4.98 Å². The molecule has 0 aliphatic heterocycles. The second-order valence-electron chi connectivity index (χ2n) is 4.57. The van der Waals surface area contributed by atoms with Gasteiger partial charge in [-0.15, -0.1) is 0 Å². The highest BCUT2D eigenvalue weighted by atomic mass is 16.5. The Bertz CT molecular complexity index is 775. The van der Waals surface area contributed by atoms with Crippen molar-refractivity contribution >= 4 is 11.5 Å². The van der Waals surface area contributed by atoms with E-state index >= 15 is 0 Å². The van der Waals surface area contributed by atoms with E-state index in [0.29, 0.717) is 11.6 Å². The van der Waals surface area contributed by atoms with Gasteiger partial charge in [0.1, 0.15) is 23.6 Å². The number of anilines is 2. The summed E-state index contributed by atoms with van der Waals surface area (Å²) in [5.74, 6) is 1.54. The van der Waals surface area contributed by atoms with Crippen LogP contribution in [0.5, 0.6) is 11.5 Å². The van der Waals surface area contributed by atoms with Crippen LogP contribution >= 0.6 is 0 Å². The standard InChI is InChI=1S/C16H14N4O2/c1-22-14-6-11(8-17-9-14)15-7-16(19-10-18-15)20-12-2-4-13(21)5-3-12/h2-10,21H,1H3,(H,18,19,20). The van der Waals surface area contributed by atoms with Gasteiger partial charge in [0.25, 0.3) is 0 Å². The van der Waals surface area contributed by atoms with Crippen LogP contribution in [0.3, 0.4) is 0 Å². The van der Waals surface area contributed by atoms with Crippen molar-refractivity contribution in [1.82, 2.24) is 15.0 Å². The summed E-state index contributed by atoms with van der Waals surface area (Å²) in [5, 5.41) is 12.4. The Kier molecular flexibility index (Phi) is 3.82. The van der Waals surface area contributed by atoms with Crippen molar-refractivity contribution in [1.29, 1.82) is 0 Å². The van der Waals surface area contributed by atoms with Gasteiger partial charge in [0.05, 0.1) is 19.0 Å². The number of methoxy groups -OCH3 is 1. The minimum atomic E-state index is 0.219. The van der Waals surface area contributed by atoms with E-state index in [2.05, 4.69) is 20.3 Å². The lowest BCUT2D eigenvalue weighted by Gasteiger charge is -2.07. The van der Waals surface area contributed by atoms with Crippen molar-refractivity contribution in [2.24, 2.45) is 0 Å². The van der Waals surface area contributed by atoms with Crippen molar-refractivity contribution in [3.05, 3.63) is 55.1 Å². The molecule has 110 valence electrons. The molecule has 0 unspecified atom stereocenters. The van der Waals surface area contributed by atoms with E-state index in [1.807, 2.05) is 12.1 Å². The molecule has 2 N–H and O–H groups in total. The lowest BCUT2D eigenvalue weighted by molar-refractivity contribution is 0.413. The first-order chi connectivity index (χ1) is 10.7. The third kappa shape index (κ3) is 3.12. The molecule has 6 heteroatoms. The molecule has 1 aromatic carbocycles. The number of rotatable bonds is 4. The van der Waals surface area contributed by atoms with Gasteiger partial charge in [-0.05, 0) is 30.3 Å². The van der Waals surface area contributed by atoms with E-state index in [1.165, 1.54) is 6.33 Å². The van der Waals surface area contributed by atoms with E-state index in [4.69, 9.17) is 4.74 Å². The lowest BCUT2D eigenvalue weighted by Crippen LogP contribution is -1.95. The highest BCUT2D eigenvalue weighted by molar-refractivity contribution is 5.65. The van der Waals surface area contributed by atoms with Gasteiger partial charge in [-0.2, -0.15) is 0 Å². The fourth-order valence-corrected chi connectivity index (χ4v) is 1.95. The summed E-state index contributed by atoms with van der Waals surface area (Å²) >= 11 is 0. The van der Waals surface area contributed by atoms with Crippen molar-refractivity contribution < 1.29 is 9.84 Å². The molecule has 2 aromatic heterocycles. The molecule has 2 heterocycles. The third-order valence-electron chi connectivity index (χ3n) is 3.05. The maximum absolute atomic E-state index is 9.29. The van der Waals surface area contributed by atoms with Gasteiger partial charge in [0, 0.05) is 23.5 Å². The van der Waals surface area contributed by atoms with E-state index in [1.54, 1.807) is 43.8 Å². The molecule has 3 rings (SSSR count). The normalized spacial score (nSPS) is 10.2. The molecular formula is C16H14N4O2. The van der Waals surface area contributed by atoms with Gasteiger partial charge >= 0.3 is 0 Å². The SMILES string of the molecule is COc1cncc(-c2cc(Nc3ccc(O)cc3)ncn2)c1. The van der Waals surface area contributed by atoms with Gasteiger partial charge < -0.3 is 15.2 Å². The predicted octanol–water partition coefficient (Wildman–Crippen LogP) is 3.00. The zero-order valence-electron chi connectivity index (χ0n) is 11.9. The van der Waals surface area contributed by atoms with Crippen molar-refractivity contribution in [2.75, 3.05) is 12.4 Å². The van der Waals surface area contributed by atoms with Crippen LogP contribution in [0.15, 0.2) is 55.1 Å². The number of nitrogens with zero attached hydrogens (tertiary/aromatic N) is 3. The molecule has 6 nitrogen and oxygen atoms in total. The summed E-state index contributed by atoms with van der Waals surface area (Å²) in [4.78, 5) is 12.6. The highest BCUT2D eigenvalue weighted by Crippen LogP contribution is 2.23. The Morgan fingerprint density at radius 2 is 1.86 bits per heavy atom. The molecule has 3 aromatic rings. The minimum absolute atomic E-state index is 0.219. The Hall–Kier alpha value is -3.15. The largest absolute Gasteiger partial charge is 0.508 e. The number of aromatic hydroxyl groups is 1. The lowest BCUT2D eigenvalue weighted by atomic mass is 10.2. The molecule has 0 aliphatic rings. The number of nitrogens with one attached hydrogen (secondary N) is 1. The van der Waals surface area contributed by atoms with E-state index in [0.717, 1.165) is 16.9 Å². The zero-order valence-corrected chi connectivity index (χ0v) is 11.9. The summed E-state index contributed by atoms with van der Waals surface area (Å²) in [6.45, 7) is 0. The van der Waals surface area contributed by atoms with Gasteiger partial charge in [-0.1, -0.05) is 0 Å². The van der Waals surface area contributed by atoms with Crippen LogP contribution < -0.4 is 10.1 Å². The van der Waals surface area contributed by atoms with Crippen LogP contribution in [0.4, 0.5) is 11.5 Å². The molecule has 0 atom stereocenters. The zero-order chi connectivity index (χ0) is 15.4. The minimum Gasteiger partial charge on any atom is -0.508 e. The maximum Gasteiger partial charge on any atom is 0.137 e. The number of phenols is 1. The summed E-state index contributed by atoms with van der Waals surface area (Å²) in [6, 6.07) is 10.4. The first-order valence-corrected chi connectivity index (χ1v) is 6.62. The first-order valence-electron chi connectivity index (χ1n) is 6.62. The van der Waals surface area contributed by atoms with Gasteiger partial charge in [-0.25, -0.2) is 9.97 Å². The van der Waals surface area contributed by atoms with E-state index in [-0.39, 0.29) is 5.75 Å². The molecule has 0 amide bonds. The molecule has 0 aliphatic carbocycles. The number of aromatic nitrogens is 3. The Morgan fingerprint density at radius 1 is 1.05 bits per heavy atom. The summed E-state index contributed by atoms with van der Waals surface area (Å²) in [5.41, 5.74) is 2.41. The molecule has 0 fully saturated rings. The van der Waals surface area contributed by atoms with Crippen LogP contribution in [-0.2, 0) is 0 Å².